The van der Waals surface area contributed by atoms with Gasteiger partial charge in [0, 0.05) is 6.42 Å². The molecule has 0 amide bonds. The summed E-state index contributed by atoms with van der Waals surface area (Å²) < 4.78 is 42.7. The van der Waals surface area contributed by atoms with Gasteiger partial charge in [0.05, 0.1) is 49.7 Å². The van der Waals surface area contributed by atoms with Gasteiger partial charge in [-0.15, -0.1) is 0 Å². The number of esters is 1. The van der Waals surface area contributed by atoms with E-state index in [9.17, 15) is 61.0 Å². The van der Waals surface area contributed by atoms with E-state index in [-0.39, 0.29) is 41.7 Å². The second-order valence-electron chi connectivity index (χ2n) is 19.0. The van der Waals surface area contributed by atoms with Gasteiger partial charge in [-0.3, -0.25) is 4.79 Å². The Hall–Kier alpha value is -1.47. The zero-order chi connectivity index (χ0) is 43.5. The van der Waals surface area contributed by atoms with Gasteiger partial charge in [-0.2, -0.15) is 0 Å². The number of aliphatic hydroxyl groups excluding tert-OH is 11. The first-order chi connectivity index (χ1) is 28.4. The summed E-state index contributed by atoms with van der Waals surface area (Å²) in [6.45, 7) is 5.91. The SMILES string of the molecule is C=C1C[C@@]23CC[C@H]4[C@@](C)(CCC[C@@]4(C)C(=O)OC[C@H](O)CO)[C@@H]2CC[C@]1(O[C@@H]1O[C@H](CO)[C@@H](O)[C@H](O[C@@H]2O[C@H](CO)C[C@H](O)[C@H]2O)[C@H]1O[C@@H]1O[C@H](CO)[C@@H](O)[C@H](O)[C@H]1O)C3. The fourth-order valence-electron chi connectivity index (χ4n) is 12.4. The summed E-state index contributed by atoms with van der Waals surface area (Å²) in [5.41, 5.74) is -1.62. The van der Waals surface area contributed by atoms with Crippen LogP contribution in [0.4, 0.5) is 0 Å². The predicted octanol–water partition coefficient (Wildman–Crippen LogP) is -2.53. The first-order valence-electron chi connectivity index (χ1n) is 21.4. The lowest BCUT2D eigenvalue weighted by Crippen LogP contribution is -2.67. The minimum atomic E-state index is -1.89. The molecule has 344 valence electrons. The minimum Gasteiger partial charge on any atom is -0.462 e. The highest BCUT2D eigenvalue weighted by Crippen LogP contribution is 2.73. The third-order valence-corrected chi connectivity index (χ3v) is 15.5. The van der Waals surface area contributed by atoms with Gasteiger partial charge >= 0.3 is 5.97 Å². The maximum absolute atomic E-state index is 13.7. The maximum Gasteiger partial charge on any atom is 0.312 e. The van der Waals surface area contributed by atoms with Gasteiger partial charge in [0.15, 0.2) is 18.9 Å². The molecule has 7 fully saturated rings. The molecule has 7 aliphatic rings. The molecular weight excluding hydrogens is 796 g/mol. The van der Waals surface area contributed by atoms with Crippen LogP contribution in [0.1, 0.15) is 78.1 Å². The first-order valence-corrected chi connectivity index (χ1v) is 21.4. The summed E-state index contributed by atoms with van der Waals surface area (Å²) >= 11 is 0. The number of rotatable bonds is 13. The van der Waals surface area contributed by atoms with Crippen LogP contribution < -0.4 is 0 Å². The Morgan fingerprint density at radius 3 is 2.10 bits per heavy atom. The molecule has 2 bridgehead atoms. The summed E-state index contributed by atoms with van der Waals surface area (Å²) in [6, 6.07) is 0. The number of hydrogen-bond acceptors (Lipinski definition) is 19. The summed E-state index contributed by atoms with van der Waals surface area (Å²) in [5, 5.41) is 115. The van der Waals surface area contributed by atoms with E-state index < -0.39 is 130 Å². The number of ether oxygens (including phenoxy) is 7. The van der Waals surface area contributed by atoms with Gasteiger partial charge < -0.3 is 89.3 Å². The largest absolute Gasteiger partial charge is 0.462 e. The van der Waals surface area contributed by atoms with Gasteiger partial charge in [-0.05, 0) is 86.5 Å². The van der Waals surface area contributed by atoms with E-state index in [1.165, 1.54) is 0 Å². The summed E-state index contributed by atoms with van der Waals surface area (Å²) in [4.78, 5) is 13.7. The van der Waals surface area contributed by atoms with Crippen molar-refractivity contribution in [3.05, 3.63) is 12.2 Å². The topological polar surface area (TPSA) is 304 Å². The Kier molecular flexibility index (Phi) is 13.8. The molecule has 7 rings (SSSR count). The second kappa shape index (κ2) is 17.8. The quantitative estimate of drug-likeness (QED) is 0.0517. The number of fused-ring (bicyclic) bond motifs is 3. The molecular formula is C41H66O19. The summed E-state index contributed by atoms with van der Waals surface area (Å²) in [5.74, 6) is -0.238. The lowest BCUT2D eigenvalue weighted by Gasteiger charge is -2.64. The van der Waals surface area contributed by atoms with E-state index in [2.05, 4.69) is 13.5 Å². The molecule has 3 saturated heterocycles. The molecule has 0 radical (unpaired) electrons. The Morgan fingerprint density at radius 1 is 0.767 bits per heavy atom. The van der Waals surface area contributed by atoms with Gasteiger partial charge in [-0.25, -0.2) is 0 Å². The summed E-state index contributed by atoms with van der Waals surface area (Å²) in [7, 11) is 0. The Labute approximate surface area is 348 Å². The molecule has 4 saturated carbocycles. The molecule has 1 spiro atoms. The van der Waals surface area contributed by atoms with Crippen molar-refractivity contribution in [2.75, 3.05) is 33.0 Å². The smallest absolute Gasteiger partial charge is 0.312 e. The molecule has 19 nitrogen and oxygen atoms in total. The first kappa shape index (κ1) is 46.5. The van der Waals surface area contributed by atoms with Crippen molar-refractivity contribution in [3.8, 4) is 0 Å². The molecule has 3 heterocycles. The number of hydrogen-bond donors (Lipinski definition) is 11. The molecule has 21 atom stereocenters. The van der Waals surface area contributed by atoms with Gasteiger partial charge in [0.25, 0.3) is 0 Å². The van der Waals surface area contributed by atoms with Crippen LogP contribution in [0, 0.1) is 28.1 Å². The van der Waals surface area contributed by atoms with Crippen LogP contribution in [0.2, 0.25) is 0 Å². The average Bonchev–Trinajstić information content (AvgIpc) is 3.42. The second-order valence-corrected chi connectivity index (χ2v) is 19.0. The number of carbonyl (C=O) groups is 1. The lowest BCUT2D eigenvalue weighted by atomic mass is 9.41. The van der Waals surface area contributed by atoms with E-state index in [1.54, 1.807) is 0 Å². The number of carbonyl (C=O) groups excluding carboxylic acids is 1. The van der Waals surface area contributed by atoms with Crippen molar-refractivity contribution in [2.24, 2.45) is 28.1 Å². The van der Waals surface area contributed by atoms with Crippen molar-refractivity contribution in [1.29, 1.82) is 0 Å². The third kappa shape index (κ3) is 8.01. The Morgan fingerprint density at radius 2 is 1.42 bits per heavy atom. The van der Waals surface area contributed by atoms with Crippen LogP contribution in [0.25, 0.3) is 0 Å². The fourth-order valence-corrected chi connectivity index (χ4v) is 12.4. The van der Waals surface area contributed by atoms with E-state index in [0.717, 1.165) is 24.8 Å². The summed E-state index contributed by atoms with van der Waals surface area (Å²) in [6.07, 6.45) is -17.2. The van der Waals surface area contributed by atoms with E-state index in [0.29, 0.717) is 38.5 Å². The zero-order valence-electron chi connectivity index (χ0n) is 34.3. The highest BCUT2D eigenvalue weighted by Gasteiger charge is 2.69. The van der Waals surface area contributed by atoms with E-state index in [4.69, 9.17) is 33.2 Å². The van der Waals surface area contributed by atoms with Crippen LogP contribution >= 0.6 is 0 Å². The Bertz CT molecular complexity index is 1520. The van der Waals surface area contributed by atoms with Crippen molar-refractivity contribution >= 4 is 5.97 Å². The van der Waals surface area contributed by atoms with Crippen molar-refractivity contribution in [3.63, 3.8) is 0 Å². The lowest BCUT2D eigenvalue weighted by molar-refractivity contribution is -0.397. The molecule has 60 heavy (non-hydrogen) atoms. The van der Waals surface area contributed by atoms with Gasteiger partial charge in [-0.1, -0.05) is 19.9 Å². The molecule has 0 aromatic carbocycles. The van der Waals surface area contributed by atoms with Crippen LogP contribution in [-0.4, -0.2) is 193 Å². The molecule has 4 aliphatic carbocycles. The van der Waals surface area contributed by atoms with E-state index in [1.807, 2.05) is 6.92 Å². The monoisotopic (exact) mass is 862 g/mol. The highest BCUT2D eigenvalue weighted by molar-refractivity contribution is 5.77. The van der Waals surface area contributed by atoms with Crippen molar-refractivity contribution < 1.29 is 94.1 Å². The minimum absolute atomic E-state index is 0.0144. The molecule has 19 heteroatoms. The molecule has 3 aliphatic heterocycles. The molecule has 0 unspecified atom stereocenters. The normalized spacial score (nSPS) is 51.0. The van der Waals surface area contributed by atoms with E-state index >= 15 is 0 Å². The van der Waals surface area contributed by atoms with Crippen LogP contribution in [0.5, 0.6) is 0 Å². The fraction of sp³-hybridized carbons (Fsp3) is 0.927. The van der Waals surface area contributed by atoms with Gasteiger partial charge in [0.2, 0.25) is 0 Å². The van der Waals surface area contributed by atoms with Crippen molar-refractivity contribution in [1.82, 2.24) is 0 Å². The highest BCUT2D eigenvalue weighted by atomic mass is 16.8. The molecule has 0 aromatic rings. The molecule has 0 aromatic heterocycles. The van der Waals surface area contributed by atoms with Crippen molar-refractivity contribution in [2.45, 2.75) is 176 Å². The average molecular weight is 863 g/mol. The Balaban J connectivity index is 1.18. The number of aliphatic hydroxyl groups is 11. The van der Waals surface area contributed by atoms with Gasteiger partial charge in [0.1, 0.15) is 67.6 Å². The third-order valence-electron chi connectivity index (χ3n) is 15.5. The molecule has 11 N–H and O–H groups in total. The van der Waals surface area contributed by atoms with Crippen LogP contribution in [0.15, 0.2) is 12.2 Å². The standard InChI is InChI=1S/C41H66O19/c1-19-12-40-9-5-25-38(2,7-4-8-39(25,3)37(53)54-17-20(46)13-42)26(40)6-10-41(19,18-40)60-36-33(59-35-31(52)30(51)28(49)23(15-44)56-35)32(29(50)24(16-45)57-36)58-34-27(48)22(47)11-21(14-43)55-34/h20-36,42-52H,1,4-18H2,2-3H3/t20-,21+,22+,23-,24-,25+,26+,27-,28-,29-,30+,31-,32+,33-,34+,35+,36+,38-,39-,40-,41+/m1/s1. The maximum atomic E-state index is 13.7. The van der Waals surface area contributed by atoms with Crippen LogP contribution in [0.3, 0.4) is 0 Å². The van der Waals surface area contributed by atoms with Crippen LogP contribution in [-0.2, 0) is 38.0 Å². The zero-order valence-corrected chi connectivity index (χ0v) is 34.3. The predicted molar refractivity (Wildman–Crippen MR) is 202 cm³/mol.